The van der Waals surface area contributed by atoms with Crippen LogP contribution in [0.2, 0.25) is 0 Å². The number of aliphatic hydroxyl groups is 1. The number of para-hydroxylation sites is 1. The average Bonchev–Trinajstić information content (AvgIpc) is 3.35. The number of aryl methyl sites for hydroxylation is 1. The highest BCUT2D eigenvalue weighted by atomic mass is 16.3. The van der Waals surface area contributed by atoms with Crippen LogP contribution in [0.1, 0.15) is 46.9 Å². The lowest BCUT2D eigenvalue weighted by atomic mass is 10.0. The van der Waals surface area contributed by atoms with E-state index in [2.05, 4.69) is 39.6 Å². The molecule has 0 amide bonds. The Morgan fingerprint density at radius 3 is 2.83 bits per heavy atom. The predicted molar refractivity (Wildman–Crippen MR) is 117 cm³/mol. The number of Topliss-reactive ketones (excluding diaryl/α,β-unsaturated/α-hetero) is 1. The SMILES string of the molecule is CC(O)CCCc1cccc(Cn2cc(CC(=O)c3n[nH]c4ccccc34)cn2)c1. The van der Waals surface area contributed by atoms with Crippen LogP contribution in [0.5, 0.6) is 0 Å². The molecule has 0 saturated heterocycles. The van der Waals surface area contributed by atoms with Gasteiger partial charge in [0, 0.05) is 18.0 Å². The van der Waals surface area contributed by atoms with Crippen LogP contribution in [0, 0.1) is 0 Å². The highest BCUT2D eigenvalue weighted by Crippen LogP contribution is 2.17. The summed E-state index contributed by atoms with van der Waals surface area (Å²) in [6.45, 7) is 2.48. The Morgan fingerprint density at radius 2 is 1.97 bits per heavy atom. The first-order chi connectivity index (χ1) is 14.6. The monoisotopic (exact) mass is 402 g/mol. The summed E-state index contributed by atoms with van der Waals surface area (Å²) in [7, 11) is 0. The average molecular weight is 402 g/mol. The topological polar surface area (TPSA) is 83.8 Å². The molecule has 1 atom stereocenters. The third kappa shape index (κ3) is 4.83. The molecule has 30 heavy (non-hydrogen) atoms. The number of hydrogen-bond acceptors (Lipinski definition) is 4. The number of aromatic nitrogens is 4. The number of hydrogen-bond donors (Lipinski definition) is 2. The Kier molecular flexibility index (Phi) is 6.05. The third-order valence-corrected chi connectivity index (χ3v) is 5.21. The van der Waals surface area contributed by atoms with Gasteiger partial charge in [0.05, 0.1) is 24.4 Å². The molecule has 2 heterocycles. The van der Waals surface area contributed by atoms with Crippen LogP contribution in [0.25, 0.3) is 10.9 Å². The summed E-state index contributed by atoms with van der Waals surface area (Å²) in [5.74, 6) is -0.0212. The van der Waals surface area contributed by atoms with Crippen molar-refractivity contribution in [2.24, 2.45) is 0 Å². The van der Waals surface area contributed by atoms with Crippen molar-refractivity contribution in [2.45, 2.75) is 45.3 Å². The Balaban J connectivity index is 1.39. The minimum Gasteiger partial charge on any atom is -0.393 e. The van der Waals surface area contributed by atoms with Crippen LogP contribution >= 0.6 is 0 Å². The van der Waals surface area contributed by atoms with Gasteiger partial charge >= 0.3 is 0 Å². The van der Waals surface area contributed by atoms with Crippen LogP contribution in [-0.2, 0) is 19.4 Å². The van der Waals surface area contributed by atoms with Crippen molar-refractivity contribution in [2.75, 3.05) is 0 Å². The van der Waals surface area contributed by atoms with Crippen molar-refractivity contribution in [3.63, 3.8) is 0 Å². The maximum atomic E-state index is 12.7. The molecular weight excluding hydrogens is 376 g/mol. The van der Waals surface area contributed by atoms with Gasteiger partial charge < -0.3 is 5.11 Å². The van der Waals surface area contributed by atoms with Crippen molar-refractivity contribution in [1.82, 2.24) is 20.0 Å². The summed E-state index contributed by atoms with van der Waals surface area (Å²) in [6, 6.07) is 16.1. The molecule has 4 rings (SSSR count). The van der Waals surface area contributed by atoms with E-state index in [9.17, 15) is 9.90 Å². The van der Waals surface area contributed by atoms with Gasteiger partial charge in [-0.15, -0.1) is 0 Å². The first kappa shape index (κ1) is 20.0. The van der Waals surface area contributed by atoms with Crippen molar-refractivity contribution in [1.29, 1.82) is 0 Å². The minimum atomic E-state index is -0.252. The highest BCUT2D eigenvalue weighted by molar-refractivity contribution is 6.06. The Bertz CT molecular complexity index is 1140. The molecular formula is C24H26N4O2. The van der Waals surface area contributed by atoms with E-state index in [1.807, 2.05) is 42.1 Å². The standard InChI is InChI=1S/C24H26N4O2/c1-17(29)6-4-7-18-8-5-9-19(12-18)15-28-16-20(14-25-28)13-23(30)24-21-10-2-3-11-22(21)26-27-24/h2-3,5,8-12,14,16-17,29H,4,6-7,13,15H2,1H3,(H,26,27). The van der Waals surface area contributed by atoms with Gasteiger partial charge in [0.2, 0.25) is 0 Å². The lowest BCUT2D eigenvalue weighted by Gasteiger charge is -2.07. The fraction of sp³-hybridized carbons (Fsp3) is 0.292. The largest absolute Gasteiger partial charge is 0.393 e. The molecule has 6 nitrogen and oxygen atoms in total. The van der Waals surface area contributed by atoms with Crippen LogP contribution in [-0.4, -0.2) is 37.0 Å². The molecule has 6 heteroatoms. The zero-order valence-corrected chi connectivity index (χ0v) is 17.1. The molecule has 0 bridgehead atoms. The number of fused-ring (bicyclic) bond motifs is 1. The van der Waals surface area contributed by atoms with Crippen LogP contribution in [0.4, 0.5) is 0 Å². The van der Waals surface area contributed by atoms with Gasteiger partial charge in [-0.25, -0.2) is 0 Å². The zero-order valence-electron chi connectivity index (χ0n) is 17.1. The number of rotatable bonds is 9. The smallest absolute Gasteiger partial charge is 0.188 e. The summed E-state index contributed by atoms with van der Waals surface area (Å²) in [5.41, 5.74) is 4.65. The van der Waals surface area contributed by atoms with E-state index in [0.29, 0.717) is 12.2 Å². The number of benzene rings is 2. The van der Waals surface area contributed by atoms with Gasteiger partial charge in [0.15, 0.2) is 5.78 Å². The summed E-state index contributed by atoms with van der Waals surface area (Å²) >= 11 is 0. The minimum absolute atomic E-state index is 0.0212. The van der Waals surface area contributed by atoms with Gasteiger partial charge in [0.1, 0.15) is 5.69 Å². The molecule has 0 spiro atoms. The molecule has 0 fully saturated rings. The lowest BCUT2D eigenvalue weighted by Crippen LogP contribution is -2.04. The second kappa shape index (κ2) is 9.05. The molecule has 2 N–H and O–H groups in total. The number of ketones is 1. The van der Waals surface area contributed by atoms with Crippen molar-refractivity contribution in [3.8, 4) is 0 Å². The molecule has 2 aromatic heterocycles. The molecule has 0 aliphatic carbocycles. The number of nitrogens with zero attached hydrogens (tertiary/aromatic N) is 3. The number of aromatic amines is 1. The van der Waals surface area contributed by atoms with Gasteiger partial charge in [-0.1, -0.05) is 42.5 Å². The molecule has 0 aliphatic rings. The second-order valence-corrected chi connectivity index (χ2v) is 7.83. The van der Waals surface area contributed by atoms with Crippen LogP contribution < -0.4 is 0 Å². The maximum Gasteiger partial charge on any atom is 0.188 e. The molecule has 4 aromatic rings. The van der Waals surface area contributed by atoms with Gasteiger partial charge in [-0.05, 0) is 48.9 Å². The fourth-order valence-corrected chi connectivity index (χ4v) is 3.70. The van der Waals surface area contributed by atoms with E-state index in [1.165, 1.54) is 11.1 Å². The molecule has 0 saturated carbocycles. The van der Waals surface area contributed by atoms with Crippen LogP contribution in [0.15, 0.2) is 60.9 Å². The maximum absolute atomic E-state index is 12.7. The van der Waals surface area contributed by atoms with Crippen molar-refractivity contribution in [3.05, 3.63) is 83.3 Å². The molecule has 1 unspecified atom stereocenters. The summed E-state index contributed by atoms with van der Waals surface area (Å²) in [6.07, 6.45) is 6.43. The number of H-pyrrole nitrogens is 1. The second-order valence-electron chi connectivity index (χ2n) is 7.83. The summed E-state index contributed by atoms with van der Waals surface area (Å²) in [4.78, 5) is 12.7. The normalized spacial score (nSPS) is 12.3. The van der Waals surface area contributed by atoms with E-state index in [1.54, 1.807) is 6.20 Å². The first-order valence-corrected chi connectivity index (χ1v) is 10.3. The fourth-order valence-electron chi connectivity index (χ4n) is 3.70. The highest BCUT2D eigenvalue weighted by Gasteiger charge is 2.15. The zero-order chi connectivity index (χ0) is 20.9. The predicted octanol–water partition coefficient (Wildman–Crippen LogP) is 3.94. The number of nitrogens with one attached hydrogen (secondary N) is 1. The van der Waals surface area contributed by atoms with E-state index < -0.39 is 0 Å². The van der Waals surface area contributed by atoms with E-state index in [-0.39, 0.29) is 18.3 Å². The van der Waals surface area contributed by atoms with E-state index in [4.69, 9.17) is 0 Å². The number of aliphatic hydroxyl groups excluding tert-OH is 1. The Labute approximate surface area is 175 Å². The Hall–Kier alpha value is -3.25. The third-order valence-electron chi connectivity index (χ3n) is 5.21. The first-order valence-electron chi connectivity index (χ1n) is 10.3. The molecule has 154 valence electrons. The van der Waals surface area contributed by atoms with Gasteiger partial charge in [0.25, 0.3) is 0 Å². The Morgan fingerprint density at radius 1 is 1.13 bits per heavy atom. The van der Waals surface area contributed by atoms with E-state index >= 15 is 0 Å². The number of carbonyl (C=O) groups excluding carboxylic acids is 1. The van der Waals surface area contributed by atoms with E-state index in [0.717, 1.165) is 35.7 Å². The molecule has 0 aliphatic heterocycles. The summed E-state index contributed by atoms with van der Waals surface area (Å²) in [5, 5.41) is 21.8. The number of carbonyl (C=O) groups is 1. The van der Waals surface area contributed by atoms with Gasteiger partial charge in [-0.3, -0.25) is 14.6 Å². The van der Waals surface area contributed by atoms with Crippen LogP contribution in [0.3, 0.4) is 0 Å². The summed E-state index contributed by atoms with van der Waals surface area (Å²) < 4.78 is 1.86. The van der Waals surface area contributed by atoms with Crippen molar-refractivity contribution < 1.29 is 9.90 Å². The molecule has 0 radical (unpaired) electrons. The van der Waals surface area contributed by atoms with Crippen molar-refractivity contribution >= 4 is 16.7 Å². The van der Waals surface area contributed by atoms with Gasteiger partial charge in [-0.2, -0.15) is 10.2 Å². The lowest BCUT2D eigenvalue weighted by molar-refractivity contribution is 0.0989. The quantitative estimate of drug-likeness (QED) is 0.416. The molecule has 2 aromatic carbocycles.